The van der Waals surface area contributed by atoms with Gasteiger partial charge < -0.3 is 0 Å². The summed E-state index contributed by atoms with van der Waals surface area (Å²) in [5, 5.41) is 5.32. The number of rotatable bonds is 4. The monoisotopic (exact) mass is 600 g/mol. The first kappa shape index (κ1) is 26.8. The zero-order valence-electron chi connectivity index (χ0n) is 20.0. The van der Waals surface area contributed by atoms with Crippen molar-refractivity contribution >= 4 is 44.0 Å². The molecule has 0 saturated heterocycles. The molecule has 0 heterocycles. The molecule has 0 atom stereocenters. The number of halogens is 2. The molecule has 6 aromatic carbocycles. The Bertz CT molecular complexity index is 1330. The van der Waals surface area contributed by atoms with E-state index in [1.807, 2.05) is 12.1 Å². The SMILES string of the molecule is [Cl][Zr]([Cl])=[Si](Cc1ccccc1)Cc1ccccc1.c1ccc2[cH-]ccc2c1.c1ccc2[cH-]ccc2c1. The molecule has 0 nitrogen and oxygen atoms in total. The van der Waals surface area contributed by atoms with Crippen LogP contribution in [0.2, 0.25) is 0 Å². The Labute approximate surface area is 229 Å². The second-order valence-corrected chi connectivity index (χ2v) is 29.2. The fourth-order valence-electron chi connectivity index (χ4n) is 4.02. The van der Waals surface area contributed by atoms with Crippen LogP contribution in [0, 0.1) is 0 Å². The second kappa shape index (κ2) is 14.5. The van der Waals surface area contributed by atoms with Gasteiger partial charge in [0.2, 0.25) is 0 Å². The molecule has 0 aliphatic heterocycles. The maximum Gasteiger partial charge on any atom is -0.0809 e. The molecule has 0 aliphatic carbocycles. The maximum atomic E-state index is 6.35. The van der Waals surface area contributed by atoms with Gasteiger partial charge in [0.05, 0.1) is 0 Å². The fraction of sp³-hybridized carbons (Fsp3) is 0.0625. The molecule has 0 fully saturated rings. The van der Waals surface area contributed by atoms with Crippen molar-refractivity contribution in [2.24, 2.45) is 0 Å². The molecule has 6 aromatic rings. The van der Waals surface area contributed by atoms with Crippen molar-refractivity contribution in [3.05, 3.63) is 157 Å². The Hall–Kier alpha value is -2.22. The van der Waals surface area contributed by atoms with Crippen LogP contribution < -0.4 is 0 Å². The van der Waals surface area contributed by atoms with Gasteiger partial charge in [-0.1, -0.05) is 12.1 Å². The van der Waals surface area contributed by atoms with Crippen molar-refractivity contribution in [1.82, 2.24) is 0 Å². The molecular weight excluding hydrogens is 575 g/mol. The smallest absolute Gasteiger partial charge is 0.0809 e. The van der Waals surface area contributed by atoms with Crippen LogP contribution >= 0.6 is 17.0 Å². The molecule has 0 aromatic heterocycles. The van der Waals surface area contributed by atoms with Gasteiger partial charge in [-0.3, -0.25) is 0 Å². The number of fused-ring (bicyclic) bond motifs is 2. The average Bonchev–Trinajstić information content (AvgIpc) is 3.60. The van der Waals surface area contributed by atoms with Gasteiger partial charge in [0, 0.05) is 0 Å². The van der Waals surface area contributed by atoms with Gasteiger partial charge in [0.1, 0.15) is 0 Å². The number of hydrogen-bond donors (Lipinski definition) is 0. The van der Waals surface area contributed by atoms with E-state index in [-0.39, 0.29) is 0 Å². The standard InChI is InChI=1S/C14H14Si.2C9H7.2ClH.Zr/c1-3-7-13(8-4-1)11-15-12-14-9-5-2-6-10-14;2*1-2-5-9-7-3-6-8(9)4-1;;;/h1-10H,11-12H2;2*1-7H;2*1H;/q;2*-1;;;+2/p-2. The van der Waals surface area contributed by atoms with Crippen LogP contribution in [0.5, 0.6) is 0 Å². The van der Waals surface area contributed by atoms with Gasteiger partial charge in [-0.25, -0.2) is 0 Å². The summed E-state index contributed by atoms with van der Waals surface area (Å²) in [6, 6.07) is 52.7. The van der Waals surface area contributed by atoms with Crippen LogP contribution in [0.15, 0.2) is 146 Å². The summed E-state index contributed by atoms with van der Waals surface area (Å²) in [6.07, 6.45) is 0. The predicted octanol–water partition coefficient (Wildman–Crippen LogP) is 9.58. The summed E-state index contributed by atoms with van der Waals surface area (Å²) in [5.74, 6) is 0. The Morgan fingerprint density at radius 3 is 1.28 bits per heavy atom. The zero-order chi connectivity index (χ0) is 25.0. The van der Waals surface area contributed by atoms with E-state index < -0.39 is 23.4 Å². The second-order valence-electron chi connectivity index (χ2n) is 8.50. The van der Waals surface area contributed by atoms with E-state index in [1.165, 1.54) is 32.7 Å². The van der Waals surface area contributed by atoms with Crippen LogP contribution in [-0.2, 0) is 30.1 Å². The molecule has 0 amide bonds. The van der Waals surface area contributed by atoms with Crippen molar-refractivity contribution < 1.29 is 18.0 Å². The molecule has 0 saturated carbocycles. The first-order chi connectivity index (χ1) is 17.7. The first-order valence-corrected chi connectivity index (χ1v) is 23.9. The van der Waals surface area contributed by atoms with Gasteiger partial charge >= 0.3 is 124 Å². The molecule has 0 radical (unpaired) electrons. The Balaban J connectivity index is 0.000000140. The predicted molar refractivity (Wildman–Crippen MR) is 157 cm³/mol. The van der Waals surface area contributed by atoms with E-state index in [0.29, 0.717) is 0 Å². The normalized spacial score (nSPS) is 10.2. The van der Waals surface area contributed by atoms with E-state index >= 15 is 0 Å². The van der Waals surface area contributed by atoms with Gasteiger partial charge in [-0.2, -0.15) is 35.0 Å². The van der Waals surface area contributed by atoms with Gasteiger partial charge in [0.25, 0.3) is 0 Å². The summed E-state index contributed by atoms with van der Waals surface area (Å²) in [5.41, 5.74) is 2.11. The minimum Gasteiger partial charge on any atom is -0.168 e. The first-order valence-electron chi connectivity index (χ1n) is 12.0. The third kappa shape index (κ3) is 8.43. The van der Waals surface area contributed by atoms with Gasteiger partial charge in [-0.05, 0) is 0 Å². The average molecular weight is 603 g/mol. The molecule has 0 bridgehead atoms. The van der Waals surface area contributed by atoms with E-state index in [1.54, 1.807) is 0 Å². The van der Waals surface area contributed by atoms with Crippen molar-refractivity contribution in [2.45, 2.75) is 12.1 Å². The molecule has 0 spiro atoms. The topological polar surface area (TPSA) is 0 Å². The van der Waals surface area contributed by atoms with Crippen molar-refractivity contribution in [2.75, 3.05) is 0 Å². The molecule has 180 valence electrons. The summed E-state index contributed by atoms with van der Waals surface area (Å²) in [4.78, 5) is 0. The van der Waals surface area contributed by atoms with E-state index in [4.69, 9.17) is 17.0 Å². The van der Waals surface area contributed by atoms with Crippen LogP contribution in [0.1, 0.15) is 11.1 Å². The van der Waals surface area contributed by atoms with Crippen LogP contribution in [0.4, 0.5) is 0 Å². The Morgan fingerprint density at radius 2 is 0.889 bits per heavy atom. The minimum absolute atomic E-state index is 0.639. The van der Waals surface area contributed by atoms with Crippen molar-refractivity contribution in [1.29, 1.82) is 0 Å². The van der Waals surface area contributed by atoms with E-state index in [0.717, 1.165) is 12.1 Å². The van der Waals surface area contributed by atoms with E-state index in [9.17, 15) is 0 Å². The molecule has 4 heteroatoms. The summed E-state index contributed by atoms with van der Waals surface area (Å²) >= 11 is -2.14. The number of hydrogen-bond acceptors (Lipinski definition) is 0. The molecule has 0 aliphatic rings. The van der Waals surface area contributed by atoms with Crippen molar-refractivity contribution in [3.8, 4) is 0 Å². The van der Waals surface area contributed by atoms with E-state index in [2.05, 4.69) is 133 Å². The zero-order valence-corrected chi connectivity index (χ0v) is 25.0. The van der Waals surface area contributed by atoms with Gasteiger partial charge in [-0.15, -0.1) is 59.3 Å². The summed E-state index contributed by atoms with van der Waals surface area (Å²) in [7, 11) is 12.7. The molecule has 0 N–H and O–H groups in total. The largest absolute Gasteiger partial charge is 0.168 e. The minimum atomic E-state index is -2.14. The summed E-state index contributed by atoms with van der Waals surface area (Å²) < 4.78 is 0. The Kier molecular flexibility index (Phi) is 10.8. The maximum absolute atomic E-state index is 6.35. The Morgan fingerprint density at radius 1 is 0.500 bits per heavy atom. The number of benzene rings is 4. The van der Waals surface area contributed by atoms with Crippen LogP contribution in [-0.4, -0.2) is 5.43 Å². The molecule has 6 rings (SSSR count). The fourth-order valence-corrected chi connectivity index (χ4v) is 15.6. The van der Waals surface area contributed by atoms with Gasteiger partial charge in [0.15, 0.2) is 0 Å². The van der Waals surface area contributed by atoms with Crippen LogP contribution in [0.3, 0.4) is 0 Å². The van der Waals surface area contributed by atoms with Crippen molar-refractivity contribution in [3.63, 3.8) is 0 Å². The molecule has 36 heavy (non-hydrogen) atoms. The third-order valence-corrected chi connectivity index (χ3v) is 24.1. The molecular formula is C32H28Cl2SiZr-2. The van der Waals surface area contributed by atoms with Crippen LogP contribution in [0.25, 0.3) is 21.5 Å². The quantitative estimate of drug-likeness (QED) is 0.139. The third-order valence-electron chi connectivity index (χ3n) is 5.88. The molecule has 0 unspecified atom stereocenters. The summed E-state index contributed by atoms with van der Waals surface area (Å²) in [6.45, 7) is 0.